The Bertz CT molecular complexity index is 1540. The molecule has 0 saturated carbocycles. The zero-order chi connectivity index (χ0) is 33.4. The summed E-state index contributed by atoms with van der Waals surface area (Å²) in [6, 6.07) is 18.7. The highest BCUT2D eigenvalue weighted by molar-refractivity contribution is 6.41. The van der Waals surface area contributed by atoms with Crippen LogP contribution in [0.4, 0.5) is 10.5 Å². The molecular weight excluding hydrogens is 592 g/mol. The Morgan fingerprint density at radius 1 is 0.957 bits per heavy atom. The first kappa shape index (κ1) is 33.8. The van der Waals surface area contributed by atoms with E-state index in [-0.39, 0.29) is 24.3 Å². The molecule has 2 amide bonds. The van der Waals surface area contributed by atoms with Gasteiger partial charge in [-0.1, -0.05) is 42.5 Å². The highest BCUT2D eigenvalue weighted by Gasteiger charge is 2.39. The molecular formula is C35H40N2O9. The van der Waals surface area contributed by atoms with E-state index in [0.717, 1.165) is 5.56 Å². The molecule has 46 heavy (non-hydrogen) atoms. The lowest BCUT2D eigenvalue weighted by molar-refractivity contribution is -0.131. The fourth-order valence-electron chi connectivity index (χ4n) is 5.53. The van der Waals surface area contributed by atoms with E-state index in [2.05, 4.69) is 5.32 Å². The van der Waals surface area contributed by atoms with Crippen LogP contribution in [-0.2, 0) is 20.9 Å². The third-order valence-electron chi connectivity index (χ3n) is 7.57. The first-order chi connectivity index (χ1) is 21.9. The molecule has 0 unspecified atom stereocenters. The first-order valence-electron chi connectivity index (χ1n) is 15.0. The minimum atomic E-state index is -1.63. The molecule has 2 atom stereocenters. The molecule has 1 aliphatic heterocycles. The maximum absolute atomic E-state index is 13.6. The van der Waals surface area contributed by atoms with Gasteiger partial charge in [0.25, 0.3) is 5.78 Å². The Morgan fingerprint density at radius 3 is 2.20 bits per heavy atom. The number of carboxylic acid groups (broad SMARTS) is 1. The van der Waals surface area contributed by atoms with Crippen molar-refractivity contribution in [2.24, 2.45) is 0 Å². The zero-order valence-electron chi connectivity index (χ0n) is 26.7. The largest absolute Gasteiger partial charge is 0.493 e. The fraction of sp³-hybridized carbons (Fsp3) is 0.371. The van der Waals surface area contributed by atoms with Crippen LogP contribution in [0.1, 0.15) is 67.4 Å². The molecule has 1 saturated heterocycles. The van der Waals surface area contributed by atoms with E-state index < -0.39 is 41.3 Å². The van der Waals surface area contributed by atoms with Gasteiger partial charge in [0.05, 0.1) is 25.5 Å². The normalized spacial score (nSPS) is 15.1. The monoisotopic (exact) mass is 632 g/mol. The Morgan fingerprint density at radius 2 is 1.59 bits per heavy atom. The number of para-hydroxylation sites is 1. The van der Waals surface area contributed by atoms with Crippen molar-refractivity contribution in [1.29, 1.82) is 0 Å². The van der Waals surface area contributed by atoms with Gasteiger partial charge in [-0.15, -0.1) is 0 Å². The molecule has 0 spiro atoms. The zero-order valence-corrected chi connectivity index (χ0v) is 26.7. The number of rotatable bonds is 12. The molecule has 11 heteroatoms. The molecule has 0 aliphatic carbocycles. The number of carbonyl (C=O) groups excluding carboxylic acids is 3. The number of hydrogen-bond donors (Lipinski definition) is 2. The van der Waals surface area contributed by atoms with Crippen molar-refractivity contribution in [3.63, 3.8) is 0 Å². The maximum Gasteiger partial charge on any atom is 0.410 e. The average molecular weight is 633 g/mol. The van der Waals surface area contributed by atoms with Gasteiger partial charge in [-0.3, -0.25) is 9.59 Å². The highest BCUT2D eigenvalue weighted by Crippen LogP contribution is 2.44. The number of benzene rings is 3. The lowest BCUT2D eigenvalue weighted by atomic mass is 9.86. The van der Waals surface area contributed by atoms with E-state index in [1.165, 1.54) is 32.4 Å². The number of carbonyl (C=O) groups is 4. The molecule has 1 fully saturated rings. The molecule has 11 nitrogen and oxygen atoms in total. The topological polar surface area (TPSA) is 141 Å². The number of nitrogens with one attached hydrogen (secondary N) is 1. The van der Waals surface area contributed by atoms with Crippen molar-refractivity contribution >= 4 is 29.4 Å². The van der Waals surface area contributed by atoms with Crippen molar-refractivity contribution in [3.8, 4) is 17.2 Å². The van der Waals surface area contributed by atoms with Gasteiger partial charge in [0, 0.05) is 24.9 Å². The highest BCUT2D eigenvalue weighted by atomic mass is 16.6. The van der Waals surface area contributed by atoms with Gasteiger partial charge in [0.15, 0.2) is 11.5 Å². The van der Waals surface area contributed by atoms with E-state index in [0.29, 0.717) is 42.2 Å². The molecule has 1 aliphatic rings. The molecule has 0 bridgehead atoms. The van der Waals surface area contributed by atoms with Crippen molar-refractivity contribution in [2.75, 3.05) is 26.1 Å². The van der Waals surface area contributed by atoms with Crippen LogP contribution >= 0.6 is 0 Å². The number of anilines is 1. The van der Waals surface area contributed by atoms with Gasteiger partial charge in [-0.2, -0.15) is 0 Å². The van der Waals surface area contributed by atoms with E-state index >= 15 is 0 Å². The van der Waals surface area contributed by atoms with Crippen LogP contribution < -0.4 is 19.5 Å². The molecule has 0 aromatic heterocycles. The molecule has 4 rings (SSSR count). The van der Waals surface area contributed by atoms with Crippen molar-refractivity contribution < 1.29 is 43.2 Å². The van der Waals surface area contributed by atoms with Gasteiger partial charge in [-0.25, -0.2) is 9.59 Å². The van der Waals surface area contributed by atoms with Crippen LogP contribution in [0.5, 0.6) is 17.2 Å². The number of ether oxygens (including phenoxy) is 4. The van der Waals surface area contributed by atoms with Crippen LogP contribution in [0.15, 0.2) is 66.7 Å². The number of carboxylic acids is 1. The minimum Gasteiger partial charge on any atom is -0.493 e. The molecule has 3 aromatic rings. The van der Waals surface area contributed by atoms with Crippen molar-refractivity contribution in [2.45, 2.75) is 64.2 Å². The lowest BCUT2D eigenvalue weighted by Gasteiger charge is -2.33. The Balaban J connectivity index is 1.71. The summed E-state index contributed by atoms with van der Waals surface area (Å²) in [6.07, 6.45) is 0.697. The molecule has 244 valence electrons. The van der Waals surface area contributed by atoms with E-state index in [4.69, 9.17) is 18.9 Å². The summed E-state index contributed by atoms with van der Waals surface area (Å²) in [7, 11) is 3.02. The second-order valence-electron chi connectivity index (χ2n) is 12.0. The summed E-state index contributed by atoms with van der Waals surface area (Å²) in [5, 5.41) is 12.0. The van der Waals surface area contributed by atoms with Gasteiger partial charge in [0.1, 0.15) is 12.2 Å². The lowest BCUT2D eigenvalue weighted by Crippen LogP contribution is -2.43. The standard InChI is InChI=1S/C35H40N2O9/c1-35(2,3)46-34(42)37-17-11-16-27(37)25(20-30(38)36-26-15-10-9-14-24(26)31(39)33(40)41)23-18-28(43-4)32(29(19-23)44-5)45-21-22-12-7-6-8-13-22/h6-10,12-15,18-19,25,27H,11,16-17,20-21H2,1-5H3,(H,36,38)(H,40,41)/t25-,27-/m0/s1. The van der Waals surface area contributed by atoms with Crippen LogP contribution in [0.2, 0.25) is 0 Å². The van der Waals surface area contributed by atoms with Crippen LogP contribution in [-0.4, -0.2) is 66.2 Å². The van der Waals surface area contributed by atoms with Gasteiger partial charge < -0.3 is 34.3 Å². The SMILES string of the molecule is COc1cc([C@H](CC(=O)Nc2ccccc2C(=O)C(=O)O)[C@@H]2CCCN2C(=O)OC(C)(C)C)cc(OC)c1OCc1ccccc1. The number of amides is 2. The number of hydrogen-bond acceptors (Lipinski definition) is 8. The quantitative estimate of drug-likeness (QED) is 0.180. The summed E-state index contributed by atoms with van der Waals surface area (Å²) >= 11 is 0. The number of aliphatic carboxylic acids is 1. The third kappa shape index (κ3) is 8.35. The average Bonchev–Trinajstić information content (AvgIpc) is 3.52. The van der Waals surface area contributed by atoms with Gasteiger partial charge in [-0.05, 0) is 69.0 Å². The van der Waals surface area contributed by atoms with E-state index in [1.54, 1.807) is 43.9 Å². The number of nitrogens with zero attached hydrogens (tertiary/aromatic N) is 1. The summed E-state index contributed by atoms with van der Waals surface area (Å²) in [6.45, 7) is 6.09. The summed E-state index contributed by atoms with van der Waals surface area (Å²) < 4.78 is 23.3. The molecule has 1 heterocycles. The van der Waals surface area contributed by atoms with Gasteiger partial charge in [0.2, 0.25) is 11.7 Å². The van der Waals surface area contributed by atoms with Crippen LogP contribution in [0.3, 0.4) is 0 Å². The minimum absolute atomic E-state index is 0.0777. The second-order valence-corrected chi connectivity index (χ2v) is 12.0. The van der Waals surface area contributed by atoms with Crippen LogP contribution in [0, 0.1) is 0 Å². The molecule has 0 radical (unpaired) electrons. The van der Waals surface area contributed by atoms with Crippen LogP contribution in [0.25, 0.3) is 0 Å². The van der Waals surface area contributed by atoms with Crippen molar-refractivity contribution in [1.82, 2.24) is 4.90 Å². The first-order valence-corrected chi connectivity index (χ1v) is 15.0. The Hall–Kier alpha value is -5.06. The molecule has 2 N–H and O–H groups in total. The predicted octanol–water partition coefficient (Wildman–Crippen LogP) is 6.06. The third-order valence-corrected chi connectivity index (χ3v) is 7.57. The second kappa shape index (κ2) is 14.8. The number of ketones is 1. The summed E-state index contributed by atoms with van der Waals surface area (Å²) in [5.74, 6) is -2.66. The Labute approximate surface area is 268 Å². The smallest absolute Gasteiger partial charge is 0.410 e. The number of methoxy groups -OCH3 is 2. The summed E-state index contributed by atoms with van der Waals surface area (Å²) in [4.78, 5) is 52.3. The van der Waals surface area contributed by atoms with Gasteiger partial charge >= 0.3 is 12.1 Å². The molecule has 3 aromatic carbocycles. The number of Topliss-reactive ketones (excluding diaryl/α,β-unsaturated/α-hetero) is 1. The Kier molecular flexibility index (Phi) is 10.9. The summed E-state index contributed by atoms with van der Waals surface area (Å²) in [5.41, 5.74) is 0.826. The van der Waals surface area contributed by atoms with E-state index in [9.17, 15) is 24.3 Å². The fourth-order valence-corrected chi connectivity index (χ4v) is 5.53. The van der Waals surface area contributed by atoms with E-state index in [1.807, 2.05) is 30.3 Å². The number of likely N-dealkylation sites (tertiary alicyclic amines) is 1. The van der Waals surface area contributed by atoms with Crippen molar-refractivity contribution in [3.05, 3.63) is 83.4 Å². The maximum atomic E-state index is 13.6. The predicted molar refractivity (Wildman–Crippen MR) is 171 cm³/mol.